The molecule has 4 nitrogen and oxygen atoms in total. The predicted octanol–water partition coefficient (Wildman–Crippen LogP) is -0.668. The maximum atomic E-state index is 8.85. The number of rotatable bonds is 0. The zero-order chi connectivity index (χ0) is 9.36. The van der Waals surface area contributed by atoms with Gasteiger partial charge in [0, 0.05) is 32.7 Å². The van der Waals surface area contributed by atoms with Crippen molar-refractivity contribution < 1.29 is 5.11 Å². The number of piperazine rings is 1. The van der Waals surface area contributed by atoms with Crippen molar-refractivity contribution in [2.24, 2.45) is 0 Å². The second-order valence-corrected chi connectivity index (χ2v) is 3.50. The Labute approximate surface area is 92.2 Å². The van der Waals surface area contributed by atoms with Gasteiger partial charge in [0.05, 0.1) is 6.10 Å². The largest absolute Gasteiger partial charge is 0.392 e. The fourth-order valence-corrected chi connectivity index (χ4v) is 1.44. The van der Waals surface area contributed by atoms with Gasteiger partial charge in [-0.1, -0.05) is 0 Å². The lowest BCUT2D eigenvalue weighted by Crippen LogP contribution is -2.39. The average Bonchev–Trinajstić information content (AvgIpc) is 2.22. The number of nitrogens with one attached hydrogen (secondary N) is 3. The Morgan fingerprint density at radius 1 is 0.857 bits per heavy atom. The zero-order valence-corrected chi connectivity index (χ0v) is 9.41. The van der Waals surface area contributed by atoms with Crippen molar-refractivity contribution in [3.8, 4) is 0 Å². The van der Waals surface area contributed by atoms with E-state index >= 15 is 0 Å². The highest BCUT2D eigenvalue weighted by Gasteiger charge is 2.06. The van der Waals surface area contributed by atoms with E-state index in [0.717, 1.165) is 52.1 Å². The third-order valence-electron chi connectivity index (χ3n) is 2.23. The highest BCUT2D eigenvalue weighted by atomic mass is 35.5. The quantitative estimate of drug-likeness (QED) is 0.440. The van der Waals surface area contributed by atoms with Gasteiger partial charge < -0.3 is 21.1 Å². The lowest BCUT2D eigenvalue weighted by atomic mass is 10.1. The molecule has 4 N–H and O–H groups in total. The first-order valence-electron chi connectivity index (χ1n) is 5.20. The molecule has 0 aromatic rings. The van der Waals surface area contributed by atoms with Crippen LogP contribution in [0.15, 0.2) is 0 Å². The van der Waals surface area contributed by atoms with Crippen molar-refractivity contribution in [2.75, 3.05) is 39.3 Å². The normalized spacial score (nSPS) is 26.8. The number of halogens is 1. The van der Waals surface area contributed by atoms with Crippen LogP contribution in [0.4, 0.5) is 0 Å². The average molecular weight is 224 g/mol. The van der Waals surface area contributed by atoms with Gasteiger partial charge in [-0.15, -0.1) is 12.4 Å². The molecule has 0 spiro atoms. The Bertz CT molecular complexity index is 105. The van der Waals surface area contributed by atoms with Crippen LogP contribution in [0.1, 0.15) is 12.8 Å². The Kier molecular flexibility index (Phi) is 9.77. The standard InChI is InChI=1S/C5H11NO.C4H10N2.ClH/c7-5-2-1-3-6-4-5;1-2-6-4-3-5-1;/h5-7H,1-4H2;5-6H,1-4H2;1H/t5-;;/m1../s1. The molecule has 2 fully saturated rings. The molecule has 86 valence electrons. The molecule has 0 aliphatic carbocycles. The number of hydrogen-bond acceptors (Lipinski definition) is 4. The van der Waals surface area contributed by atoms with E-state index < -0.39 is 0 Å². The second-order valence-electron chi connectivity index (χ2n) is 3.50. The van der Waals surface area contributed by atoms with Gasteiger partial charge in [-0.2, -0.15) is 0 Å². The third-order valence-corrected chi connectivity index (χ3v) is 2.23. The molecule has 5 heteroatoms. The highest BCUT2D eigenvalue weighted by Crippen LogP contribution is 1.98. The van der Waals surface area contributed by atoms with E-state index in [1.54, 1.807) is 0 Å². The summed E-state index contributed by atoms with van der Waals surface area (Å²) in [6, 6.07) is 0. The molecular formula is C9H22ClN3O. The lowest BCUT2D eigenvalue weighted by molar-refractivity contribution is 0.142. The molecule has 2 saturated heterocycles. The summed E-state index contributed by atoms with van der Waals surface area (Å²) < 4.78 is 0. The summed E-state index contributed by atoms with van der Waals surface area (Å²) in [5.74, 6) is 0. The smallest absolute Gasteiger partial charge is 0.0665 e. The van der Waals surface area contributed by atoms with Crippen molar-refractivity contribution in [3.05, 3.63) is 0 Å². The van der Waals surface area contributed by atoms with E-state index in [4.69, 9.17) is 5.11 Å². The predicted molar refractivity (Wildman–Crippen MR) is 61.1 cm³/mol. The third kappa shape index (κ3) is 7.53. The van der Waals surface area contributed by atoms with Crippen LogP contribution in [0.5, 0.6) is 0 Å². The lowest BCUT2D eigenvalue weighted by Gasteiger charge is -2.16. The van der Waals surface area contributed by atoms with Crippen LogP contribution in [-0.4, -0.2) is 50.5 Å². The molecule has 0 unspecified atom stereocenters. The van der Waals surface area contributed by atoms with Gasteiger partial charge >= 0.3 is 0 Å². The molecule has 14 heavy (non-hydrogen) atoms. The minimum Gasteiger partial charge on any atom is -0.392 e. The molecule has 0 saturated carbocycles. The van der Waals surface area contributed by atoms with E-state index in [-0.39, 0.29) is 18.5 Å². The summed E-state index contributed by atoms with van der Waals surface area (Å²) in [5, 5.41) is 18.4. The molecule has 2 aliphatic heterocycles. The van der Waals surface area contributed by atoms with E-state index in [2.05, 4.69) is 16.0 Å². The van der Waals surface area contributed by atoms with Gasteiger partial charge in [0.15, 0.2) is 0 Å². The van der Waals surface area contributed by atoms with Crippen LogP contribution in [-0.2, 0) is 0 Å². The fraction of sp³-hybridized carbons (Fsp3) is 1.00. The van der Waals surface area contributed by atoms with Gasteiger partial charge in [0.1, 0.15) is 0 Å². The van der Waals surface area contributed by atoms with Gasteiger partial charge in [-0.25, -0.2) is 0 Å². The first-order chi connectivity index (χ1) is 6.39. The fourth-order valence-electron chi connectivity index (χ4n) is 1.44. The number of β-amino-alcohol motifs (C(OH)–C–C–N with tert-alkyl or cyclic N) is 1. The number of aliphatic hydroxyl groups excluding tert-OH is 1. The highest BCUT2D eigenvalue weighted by molar-refractivity contribution is 5.85. The summed E-state index contributed by atoms with van der Waals surface area (Å²) in [7, 11) is 0. The van der Waals surface area contributed by atoms with Crippen LogP contribution < -0.4 is 16.0 Å². The van der Waals surface area contributed by atoms with Crippen LogP contribution in [0.3, 0.4) is 0 Å². The summed E-state index contributed by atoms with van der Waals surface area (Å²) >= 11 is 0. The van der Waals surface area contributed by atoms with Crippen molar-refractivity contribution in [3.63, 3.8) is 0 Å². The maximum Gasteiger partial charge on any atom is 0.0665 e. The SMILES string of the molecule is C1CNCCN1.Cl.O[C@@H]1CCCNC1. The van der Waals surface area contributed by atoms with E-state index in [1.165, 1.54) is 0 Å². The molecule has 1 atom stereocenters. The molecular weight excluding hydrogens is 202 g/mol. The molecule has 0 radical (unpaired) electrons. The molecule has 0 bridgehead atoms. The van der Waals surface area contributed by atoms with E-state index in [0.29, 0.717) is 0 Å². The first-order valence-corrected chi connectivity index (χ1v) is 5.20. The minimum atomic E-state index is -0.0752. The van der Waals surface area contributed by atoms with Crippen LogP contribution >= 0.6 is 12.4 Å². The van der Waals surface area contributed by atoms with Crippen LogP contribution in [0.25, 0.3) is 0 Å². The monoisotopic (exact) mass is 223 g/mol. The van der Waals surface area contributed by atoms with E-state index in [1.807, 2.05) is 0 Å². The summed E-state index contributed by atoms with van der Waals surface area (Å²) in [5.41, 5.74) is 0. The van der Waals surface area contributed by atoms with Gasteiger partial charge in [-0.05, 0) is 19.4 Å². The summed E-state index contributed by atoms with van der Waals surface area (Å²) in [6.07, 6.45) is 2.03. The number of aliphatic hydroxyl groups is 1. The first kappa shape index (κ1) is 14.1. The van der Waals surface area contributed by atoms with Gasteiger partial charge in [0.2, 0.25) is 0 Å². The van der Waals surface area contributed by atoms with Crippen molar-refractivity contribution >= 4 is 12.4 Å². The minimum absolute atomic E-state index is 0. The Hall–Kier alpha value is 0.130. The topological polar surface area (TPSA) is 56.3 Å². The molecule has 2 aliphatic rings. The number of piperidine rings is 1. The Balaban J connectivity index is 0.000000227. The van der Waals surface area contributed by atoms with Crippen molar-refractivity contribution in [2.45, 2.75) is 18.9 Å². The summed E-state index contributed by atoms with van der Waals surface area (Å²) in [6.45, 7) is 6.43. The van der Waals surface area contributed by atoms with Crippen LogP contribution in [0.2, 0.25) is 0 Å². The molecule has 0 aromatic heterocycles. The number of hydrogen-bond donors (Lipinski definition) is 4. The molecule has 2 rings (SSSR count). The Morgan fingerprint density at radius 3 is 1.64 bits per heavy atom. The van der Waals surface area contributed by atoms with Gasteiger partial charge in [0.25, 0.3) is 0 Å². The van der Waals surface area contributed by atoms with Crippen molar-refractivity contribution in [1.82, 2.24) is 16.0 Å². The Morgan fingerprint density at radius 2 is 1.43 bits per heavy atom. The van der Waals surface area contributed by atoms with E-state index in [9.17, 15) is 0 Å². The maximum absolute atomic E-state index is 8.85. The molecule has 2 heterocycles. The second kappa shape index (κ2) is 9.68. The summed E-state index contributed by atoms with van der Waals surface area (Å²) in [4.78, 5) is 0. The zero-order valence-electron chi connectivity index (χ0n) is 8.59. The van der Waals surface area contributed by atoms with Crippen LogP contribution in [0, 0.1) is 0 Å². The van der Waals surface area contributed by atoms with Crippen molar-refractivity contribution in [1.29, 1.82) is 0 Å². The molecule has 0 aromatic carbocycles. The molecule has 0 amide bonds. The van der Waals surface area contributed by atoms with Gasteiger partial charge in [-0.3, -0.25) is 0 Å².